The zero-order valence-electron chi connectivity index (χ0n) is 8.69. The van der Waals surface area contributed by atoms with Crippen molar-refractivity contribution in [1.82, 2.24) is 4.98 Å². The fraction of sp³-hybridized carbons (Fsp3) is 0.600. The minimum Gasteiger partial charge on any atom is -0.477 e. The number of hydrogen-bond donors (Lipinski definition) is 1. The van der Waals surface area contributed by atoms with Crippen LogP contribution in [0.1, 0.15) is 46.2 Å². The molecule has 2 rings (SSSR count). The maximum Gasteiger partial charge on any atom is 0.347 e. The van der Waals surface area contributed by atoms with Crippen molar-refractivity contribution < 1.29 is 14.6 Å². The summed E-state index contributed by atoms with van der Waals surface area (Å²) < 4.78 is 5.65. The number of thiazole rings is 1. The lowest BCUT2D eigenvalue weighted by Gasteiger charge is -2.06. The summed E-state index contributed by atoms with van der Waals surface area (Å²) >= 11 is 1.23. The van der Waals surface area contributed by atoms with Crippen LogP contribution < -0.4 is 0 Å². The third-order valence-corrected chi connectivity index (χ3v) is 3.75. The molecular formula is C10H13NO3S. The van der Waals surface area contributed by atoms with Gasteiger partial charge in [0.05, 0.1) is 11.8 Å². The number of aromatic nitrogens is 1. The molecule has 1 saturated heterocycles. The first-order valence-electron chi connectivity index (χ1n) is 4.94. The second kappa shape index (κ2) is 3.90. The van der Waals surface area contributed by atoms with Crippen molar-refractivity contribution in [2.24, 2.45) is 0 Å². The summed E-state index contributed by atoms with van der Waals surface area (Å²) in [5.41, 5.74) is 0.589. The summed E-state index contributed by atoms with van der Waals surface area (Å²) in [5, 5.41) is 9.70. The molecule has 0 amide bonds. The third-order valence-electron chi connectivity index (χ3n) is 2.51. The van der Waals surface area contributed by atoms with E-state index in [-0.39, 0.29) is 12.2 Å². The molecule has 0 aromatic carbocycles. The molecule has 1 aliphatic rings. The lowest BCUT2D eigenvalue weighted by molar-refractivity contribution is 0.0553. The quantitative estimate of drug-likeness (QED) is 0.842. The smallest absolute Gasteiger partial charge is 0.347 e. The minimum absolute atomic E-state index is 0.00296. The molecule has 5 heteroatoms. The van der Waals surface area contributed by atoms with E-state index in [2.05, 4.69) is 4.98 Å². The van der Waals surface area contributed by atoms with Crippen molar-refractivity contribution in [2.75, 3.05) is 0 Å². The topological polar surface area (TPSA) is 59.4 Å². The molecule has 0 bridgehead atoms. The van der Waals surface area contributed by atoms with E-state index < -0.39 is 5.97 Å². The Balaban J connectivity index is 2.23. The Morgan fingerprint density at radius 3 is 2.80 bits per heavy atom. The molecule has 0 spiro atoms. The molecule has 15 heavy (non-hydrogen) atoms. The second-order valence-electron chi connectivity index (χ2n) is 3.78. The van der Waals surface area contributed by atoms with E-state index in [0.717, 1.165) is 17.8 Å². The van der Waals surface area contributed by atoms with E-state index in [1.807, 2.05) is 6.92 Å². The molecule has 0 aliphatic carbocycles. The molecule has 4 nitrogen and oxygen atoms in total. The van der Waals surface area contributed by atoms with Gasteiger partial charge in [0.25, 0.3) is 0 Å². The van der Waals surface area contributed by atoms with E-state index in [0.29, 0.717) is 10.6 Å². The van der Waals surface area contributed by atoms with Gasteiger partial charge in [-0.25, -0.2) is 9.78 Å². The van der Waals surface area contributed by atoms with Crippen LogP contribution in [0.5, 0.6) is 0 Å². The number of aromatic carboxylic acids is 1. The lowest BCUT2D eigenvalue weighted by atomic mass is 10.2. The highest BCUT2D eigenvalue weighted by Crippen LogP contribution is 2.35. The zero-order valence-corrected chi connectivity index (χ0v) is 9.50. The standard InChI is InChI=1S/C10H13NO3S/c1-5-3-4-7(14-5)9-11-6(2)8(15-9)10(12)13/h5,7H,3-4H2,1-2H3,(H,12,13). The molecule has 1 fully saturated rings. The second-order valence-corrected chi connectivity index (χ2v) is 4.82. The lowest BCUT2D eigenvalue weighted by Crippen LogP contribution is -2.00. The van der Waals surface area contributed by atoms with Gasteiger partial charge in [-0.05, 0) is 26.7 Å². The molecule has 2 heterocycles. The first-order chi connectivity index (χ1) is 7.08. The van der Waals surface area contributed by atoms with E-state index in [4.69, 9.17) is 9.84 Å². The summed E-state index contributed by atoms with van der Waals surface area (Å²) in [6, 6.07) is 0. The molecule has 1 aromatic heterocycles. The molecular weight excluding hydrogens is 214 g/mol. The van der Waals surface area contributed by atoms with E-state index in [9.17, 15) is 4.79 Å². The van der Waals surface area contributed by atoms with Gasteiger partial charge >= 0.3 is 5.97 Å². The number of ether oxygens (including phenoxy) is 1. The predicted molar refractivity (Wildman–Crippen MR) is 56.3 cm³/mol. The van der Waals surface area contributed by atoms with Gasteiger partial charge in [-0.15, -0.1) is 11.3 Å². The Kier molecular flexibility index (Phi) is 2.75. The maximum absolute atomic E-state index is 10.8. The number of aryl methyl sites for hydroxylation is 1. The van der Waals surface area contributed by atoms with Gasteiger partial charge in [0.2, 0.25) is 0 Å². The van der Waals surface area contributed by atoms with Crippen molar-refractivity contribution >= 4 is 17.3 Å². The van der Waals surface area contributed by atoms with E-state index >= 15 is 0 Å². The number of rotatable bonds is 2. The van der Waals surface area contributed by atoms with Gasteiger partial charge < -0.3 is 9.84 Å². The number of carboxylic acid groups (broad SMARTS) is 1. The Labute approximate surface area is 91.9 Å². The monoisotopic (exact) mass is 227 g/mol. The van der Waals surface area contributed by atoms with Crippen LogP contribution >= 0.6 is 11.3 Å². The largest absolute Gasteiger partial charge is 0.477 e. The van der Waals surface area contributed by atoms with Crippen LogP contribution in [-0.4, -0.2) is 22.2 Å². The van der Waals surface area contributed by atoms with Crippen LogP contribution in [0, 0.1) is 6.92 Å². The first kappa shape index (κ1) is 10.6. The highest BCUT2D eigenvalue weighted by molar-refractivity contribution is 7.13. The highest BCUT2D eigenvalue weighted by Gasteiger charge is 2.27. The zero-order chi connectivity index (χ0) is 11.0. The SMILES string of the molecule is Cc1nc(C2CCC(C)O2)sc1C(=O)O. The number of nitrogens with zero attached hydrogens (tertiary/aromatic N) is 1. The normalized spacial score (nSPS) is 25.7. The van der Waals surface area contributed by atoms with Crippen LogP contribution in [0.25, 0.3) is 0 Å². The first-order valence-corrected chi connectivity index (χ1v) is 5.75. The Morgan fingerprint density at radius 2 is 2.33 bits per heavy atom. The molecule has 1 aliphatic heterocycles. The van der Waals surface area contributed by atoms with Crippen molar-refractivity contribution in [3.8, 4) is 0 Å². The van der Waals surface area contributed by atoms with Crippen molar-refractivity contribution in [2.45, 2.75) is 38.9 Å². The van der Waals surface area contributed by atoms with Crippen LogP contribution in [-0.2, 0) is 4.74 Å². The molecule has 2 atom stereocenters. The van der Waals surface area contributed by atoms with Crippen LogP contribution in [0.15, 0.2) is 0 Å². The predicted octanol–water partition coefficient (Wildman–Crippen LogP) is 2.39. The van der Waals surface area contributed by atoms with Gasteiger partial charge in [-0.1, -0.05) is 0 Å². The number of hydrogen-bond acceptors (Lipinski definition) is 4. The van der Waals surface area contributed by atoms with Gasteiger partial charge in [0, 0.05) is 0 Å². The van der Waals surface area contributed by atoms with E-state index in [1.165, 1.54) is 11.3 Å². The average molecular weight is 227 g/mol. The minimum atomic E-state index is -0.901. The summed E-state index contributed by atoms with van der Waals surface area (Å²) in [5.74, 6) is -0.901. The maximum atomic E-state index is 10.8. The van der Waals surface area contributed by atoms with Gasteiger partial charge in [0.1, 0.15) is 16.0 Å². The fourth-order valence-electron chi connectivity index (χ4n) is 1.74. The molecule has 0 radical (unpaired) electrons. The van der Waals surface area contributed by atoms with Crippen molar-refractivity contribution in [3.63, 3.8) is 0 Å². The van der Waals surface area contributed by atoms with E-state index in [1.54, 1.807) is 6.92 Å². The Hall–Kier alpha value is -0.940. The Bertz CT molecular complexity index is 388. The van der Waals surface area contributed by atoms with Crippen molar-refractivity contribution in [3.05, 3.63) is 15.6 Å². The molecule has 1 N–H and O–H groups in total. The molecule has 1 aromatic rings. The molecule has 2 unspecified atom stereocenters. The Morgan fingerprint density at radius 1 is 1.60 bits per heavy atom. The highest BCUT2D eigenvalue weighted by atomic mass is 32.1. The van der Waals surface area contributed by atoms with Crippen LogP contribution in [0.4, 0.5) is 0 Å². The van der Waals surface area contributed by atoms with Gasteiger partial charge in [0.15, 0.2) is 0 Å². The van der Waals surface area contributed by atoms with Gasteiger partial charge in [-0.2, -0.15) is 0 Å². The third kappa shape index (κ3) is 2.03. The van der Waals surface area contributed by atoms with Crippen LogP contribution in [0.3, 0.4) is 0 Å². The number of carbonyl (C=O) groups is 1. The summed E-state index contributed by atoms with van der Waals surface area (Å²) in [6.07, 6.45) is 2.21. The number of carboxylic acids is 1. The average Bonchev–Trinajstić information content (AvgIpc) is 2.71. The summed E-state index contributed by atoms with van der Waals surface area (Å²) in [7, 11) is 0. The van der Waals surface area contributed by atoms with Crippen molar-refractivity contribution in [1.29, 1.82) is 0 Å². The summed E-state index contributed by atoms with van der Waals surface area (Å²) in [6.45, 7) is 3.75. The summed E-state index contributed by atoms with van der Waals surface area (Å²) in [4.78, 5) is 15.4. The fourth-order valence-corrected chi connectivity index (χ4v) is 2.71. The van der Waals surface area contributed by atoms with Crippen LogP contribution in [0.2, 0.25) is 0 Å². The van der Waals surface area contributed by atoms with Gasteiger partial charge in [-0.3, -0.25) is 0 Å². The molecule has 82 valence electrons. The molecule has 0 saturated carbocycles.